The molecule has 0 unspecified atom stereocenters. The van der Waals surface area contributed by atoms with E-state index in [-0.39, 0.29) is 24.8 Å². The maximum absolute atomic E-state index is 13.5. The number of hydrogen-bond donors (Lipinski definition) is 1. The molecule has 1 N–H and O–H groups in total. The van der Waals surface area contributed by atoms with E-state index in [4.69, 9.17) is 0 Å². The molecule has 0 bridgehead atoms. The maximum atomic E-state index is 13.5. The first-order valence-electron chi connectivity index (χ1n) is 15.4. The average molecular weight is 607 g/mol. The SMILES string of the molecule is CSCC[C@H](NC(=O)c1ccc(CCN(CC2CCCCC2)C(=O)Cc2ccccc2)cc1-c1ccccc1C)C(=O)[O-].[Li+]. The number of carboxylic acid groups (broad SMARTS) is 1. The summed E-state index contributed by atoms with van der Waals surface area (Å²) < 4.78 is 0. The second-order valence-corrected chi connectivity index (χ2v) is 12.6. The van der Waals surface area contributed by atoms with Gasteiger partial charge in [-0.05, 0) is 84.4 Å². The Morgan fingerprint density at radius 3 is 2.32 bits per heavy atom. The predicted octanol–water partition coefficient (Wildman–Crippen LogP) is 2.46. The monoisotopic (exact) mass is 606 g/mol. The second-order valence-electron chi connectivity index (χ2n) is 11.6. The van der Waals surface area contributed by atoms with E-state index in [2.05, 4.69) is 5.32 Å². The summed E-state index contributed by atoms with van der Waals surface area (Å²) in [5.74, 6) is -0.440. The Bertz CT molecular complexity index is 1380. The summed E-state index contributed by atoms with van der Waals surface area (Å²) in [6.45, 7) is 3.38. The van der Waals surface area contributed by atoms with Crippen molar-refractivity contribution in [2.45, 2.75) is 64.3 Å². The van der Waals surface area contributed by atoms with Crippen LogP contribution < -0.4 is 29.3 Å². The molecule has 228 valence electrons. The summed E-state index contributed by atoms with van der Waals surface area (Å²) >= 11 is 1.52. The van der Waals surface area contributed by atoms with Crippen LogP contribution in [0.4, 0.5) is 0 Å². The van der Waals surface area contributed by atoms with Crippen LogP contribution in [0.5, 0.6) is 0 Å². The van der Waals surface area contributed by atoms with Crippen LogP contribution in [0.1, 0.15) is 65.6 Å². The fourth-order valence-corrected chi connectivity index (χ4v) is 6.38. The normalized spacial score (nSPS) is 13.9. The minimum Gasteiger partial charge on any atom is -0.548 e. The molecule has 0 aliphatic heterocycles. The van der Waals surface area contributed by atoms with Crippen LogP contribution in [0.2, 0.25) is 0 Å². The van der Waals surface area contributed by atoms with Crippen LogP contribution in [0, 0.1) is 12.8 Å². The standard InChI is InChI=1S/C36H44N2O4S.Li/c1-26-11-9-10-16-30(26)32-23-28(17-18-31(32)35(40)37-33(36(41)42)20-22-43-2)19-21-38(25-29-14-7-4-8-15-29)34(39)24-27-12-5-3-6-13-27;/h3,5-6,9-13,16-18,23,29,33H,4,7-8,14-15,19-22,24-25H2,1-2H3,(H,37,40)(H,41,42);/q;+1/p-1/t33-;/m0./s1. The fraction of sp³-hybridized carbons (Fsp3) is 0.417. The molecule has 0 saturated heterocycles. The van der Waals surface area contributed by atoms with Gasteiger partial charge in [-0.15, -0.1) is 0 Å². The molecule has 3 aromatic carbocycles. The van der Waals surface area contributed by atoms with Gasteiger partial charge in [0, 0.05) is 18.7 Å². The number of carboxylic acids is 1. The first-order chi connectivity index (χ1) is 20.9. The van der Waals surface area contributed by atoms with Crippen LogP contribution in [-0.2, 0) is 22.4 Å². The van der Waals surface area contributed by atoms with Gasteiger partial charge in [-0.1, -0.05) is 86.0 Å². The zero-order chi connectivity index (χ0) is 30.6. The van der Waals surface area contributed by atoms with Crippen LogP contribution in [0.3, 0.4) is 0 Å². The van der Waals surface area contributed by atoms with Crippen molar-refractivity contribution in [3.63, 3.8) is 0 Å². The molecule has 0 aromatic heterocycles. The van der Waals surface area contributed by atoms with Gasteiger partial charge in [0.1, 0.15) is 0 Å². The second kappa shape index (κ2) is 18.1. The number of carbonyl (C=O) groups is 3. The van der Waals surface area contributed by atoms with Crippen molar-refractivity contribution in [1.29, 1.82) is 0 Å². The van der Waals surface area contributed by atoms with Crippen molar-refractivity contribution < 1.29 is 38.4 Å². The molecule has 1 aliphatic rings. The Labute approximate surface area is 278 Å². The van der Waals surface area contributed by atoms with Crippen molar-refractivity contribution in [1.82, 2.24) is 10.2 Å². The van der Waals surface area contributed by atoms with E-state index in [1.807, 2.05) is 84.8 Å². The Balaban J connectivity index is 0.00000529. The number of carbonyl (C=O) groups excluding carboxylic acids is 3. The minimum absolute atomic E-state index is 0. The Morgan fingerprint density at radius 2 is 1.64 bits per heavy atom. The number of hydrogen-bond acceptors (Lipinski definition) is 5. The third-order valence-electron chi connectivity index (χ3n) is 8.39. The number of aliphatic carboxylic acids is 1. The molecule has 1 atom stereocenters. The third kappa shape index (κ3) is 10.3. The molecule has 2 amide bonds. The Kier molecular flexibility index (Phi) is 14.6. The molecular formula is C36H43LiN2O4S. The molecular weight excluding hydrogens is 563 g/mol. The number of amides is 2. The Hall–Kier alpha value is -2.98. The molecule has 6 nitrogen and oxygen atoms in total. The smallest absolute Gasteiger partial charge is 0.548 e. The van der Waals surface area contributed by atoms with Crippen LogP contribution >= 0.6 is 11.8 Å². The summed E-state index contributed by atoms with van der Waals surface area (Å²) in [6, 6.07) is 22.4. The molecule has 1 fully saturated rings. The molecule has 3 aromatic rings. The molecule has 1 saturated carbocycles. The Morgan fingerprint density at radius 1 is 0.932 bits per heavy atom. The number of aryl methyl sites for hydroxylation is 1. The summed E-state index contributed by atoms with van der Waals surface area (Å²) in [5.41, 5.74) is 5.16. The van der Waals surface area contributed by atoms with Gasteiger partial charge in [-0.2, -0.15) is 11.8 Å². The molecule has 0 heterocycles. The van der Waals surface area contributed by atoms with Crippen molar-refractivity contribution in [3.05, 3.63) is 95.1 Å². The van der Waals surface area contributed by atoms with Crippen LogP contribution in [0.25, 0.3) is 11.1 Å². The quantitative estimate of drug-likeness (QED) is 0.285. The average Bonchev–Trinajstić information content (AvgIpc) is 3.02. The van der Waals surface area contributed by atoms with Gasteiger partial charge < -0.3 is 20.1 Å². The van der Waals surface area contributed by atoms with Crippen molar-refractivity contribution >= 4 is 29.5 Å². The van der Waals surface area contributed by atoms with E-state index < -0.39 is 17.9 Å². The summed E-state index contributed by atoms with van der Waals surface area (Å²) in [4.78, 5) is 40.7. The molecule has 8 heteroatoms. The maximum Gasteiger partial charge on any atom is 1.00 e. The van der Waals surface area contributed by atoms with Crippen molar-refractivity contribution in [2.75, 3.05) is 25.1 Å². The van der Waals surface area contributed by atoms with Gasteiger partial charge in [0.2, 0.25) is 5.91 Å². The first kappa shape index (κ1) is 35.5. The van der Waals surface area contributed by atoms with E-state index in [0.717, 1.165) is 34.4 Å². The summed E-state index contributed by atoms with van der Waals surface area (Å²) in [7, 11) is 0. The van der Waals surface area contributed by atoms with Gasteiger partial charge >= 0.3 is 18.9 Å². The molecule has 0 radical (unpaired) electrons. The molecule has 1 aliphatic carbocycles. The van der Waals surface area contributed by atoms with E-state index in [1.54, 1.807) is 6.07 Å². The fourth-order valence-electron chi connectivity index (χ4n) is 5.91. The van der Waals surface area contributed by atoms with Crippen molar-refractivity contribution in [3.8, 4) is 11.1 Å². The molecule has 4 rings (SSSR count). The van der Waals surface area contributed by atoms with Gasteiger partial charge in [-0.25, -0.2) is 0 Å². The number of benzene rings is 3. The zero-order valence-corrected chi connectivity index (χ0v) is 27.2. The summed E-state index contributed by atoms with van der Waals surface area (Å²) in [5, 5.41) is 14.4. The van der Waals surface area contributed by atoms with Gasteiger partial charge in [0.05, 0.1) is 18.4 Å². The van der Waals surface area contributed by atoms with E-state index in [9.17, 15) is 19.5 Å². The third-order valence-corrected chi connectivity index (χ3v) is 9.03. The molecule has 0 spiro atoms. The van der Waals surface area contributed by atoms with Gasteiger partial charge in [0.15, 0.2) is 0 Å². The van der Waals surface area contributed by atoms with E-state index in [1.165, 1.54) is 43.9 Å². The minimum atomic E-state index is -1.28. The zero-order valence-electron chi connectivity index (χ0n) is 26.3. The van der Waals surface area contributed by atoms with Crippen molar-refractivity contribution in [2.24, 2.45) is 5.92 Å². The number of nitrogens with one attached hydrogen (secondary N) is 1. The van der Waals surface area contributed by atoms with Crippen LogP contribution in [-0.4, -0.2) is 53.8 Å². The first-order valence-corrected chi connectivity index (χ1v) is 16.8. The van der Waals surface area contributed by atoms with Crippen LogP contribution in [0.15, 0.2) is 72.8 Å². The summed E-state index contributed by atoms with van der Waals surface area (Å²) in [6.07, 6.45) is 9.30. The number of nitrogens with zero attached hydrogens (tertiary/aromatic N) is 1. The van der Waals surface area contributed by atoms with E-state index >= 15 is 0 Å². The largest absolute Gasteiger partial charge is 1.00 e. The predicted molar refractivity (Wildman–Crippen MR) is 173 cm³/mol. The number of rotatable bonds is 14. The molecule has 44 heavy (non-hydrogen) atoms. The van der Waals surface area contributed by atoms with E-state index in [0.29, 0.717) is 43.0 Å². The topological polar surface area (TPSA) is 89.5 Å². The number of thioether (sulfide) groups is 1. The van der Waals surface area contributed by atoms with Gasteiger partial charge in [-0.3, -0.25) is 9.59 Å². The van der Waals surface area contributed by atoms with Gasteiger partial charge in [0.25, 0.3) is 5.91 Å².